The van der Waals surface area contributed by atoms with Gasteiger partial charge in [-0.25, -0.2) is 9.38 Å². The van der Waals surface area contributed by atoms with E-state index in [9.17, 15) is 4.39 Å². The molecule has 0 atom stereocenters. The van der Waals surface area contributed by atoms with Crippen LogP contribution < -0.4 is 10.6 Å². The summed E-state index contributed by atoms with van der Waals surface area (Å²) in [5.41, 5.74) is 0.800. The lowest BCUT2D eigenvalue weighted by molar-refractivity contribution is 0.501. The minimum Gasteiger partial charge on any atom is -0.467 e. The Morgan fingerprint density at radius 3 is 2.91 bits per heavy atom. The van der Waals surface area contributed by atoms with E-state index in [0.29, 0.717) is 30.2 Å². The summed E-state index contributed by atoms with van der Waals surface area (Å²) in [6.45, 7) is 3.26. The molecular formula is C16H17FN4O. The quantitative estimate of drug-likeness (QED) is 0.657. The van der Waals surface area contributed by atoms with Gasteiger partial charge >= 0.3 is 0 Å². The molecule has 2 rings (SSSR count). The van der Waals surface area contributed by atoms with Gasteiger partial charge in [0.1, 0.15) is 11.6 Å². The van der Waals surface area contributed by atoms with E-state index >= 15 is 0 Å². The van der Waals surface area contributed by atoms with Gasteiger partial charge in [-0.1, -0.05) is 0 Å². The first-order chi connectivity index (χ1) is 10.7. The molecule has 0 aliphatic rings. The topological polar surface area (TPSA) is 73.3 Å². The zero-order chi connectivity index (χ0) is 15.8. The Bertz CT molecular complexity index is 674. The lowest BCUT2D eigenvalue weighted by atomic mass is 10.1. The van der Waals surface area contributed by atoms with Crippen molar-refractivity contribution in [1.29, 1.82) is 5.26 Å². The number of guanidine groups is 1. The molecule has 2 aromatic rings. The number of rotatable bonds is 5. The summed E-state index contributed by atoms with van der Waals surface area (Å²) in [7, 11) is 0. The van der Waals surface area contributed by atoms with Crippen LogP contribution in [-0.4, -0.2) is 12.5 Å². The van der Waals surface area contributed by atoms with Crippen molar-refractivity contribution in [2.75, 3.05) is 6.54 Å². The van der Waals surface area contributed by atoms with E-state index in [1.807, 2.05) is 25.1 Å². The molecule has 0 spiro atoms. The van der Waals surface area contributed by atoms with Crippen molar-refractivity contribution in [2.45, 2.75) is 20.0 Å². The third-order valence-corrected chi connectivity index (χ3v) is 2.94. The number of nitrogens with one attached hydrogen (secondary N) is 2. The van der Waals surface area contributed by atoms with Gasteiger partial charge < -0.3 is 15.1 Å². The molecule has 114 valence electrons. The second-order valence-electron chi connectivity index (χ2n) is 4.55. The van der Waals surface area contributed by atoms with Gasteiger partial charge in [0.15, 0.2) is 5.96 Å². The van der Waals surface area contributed by atoms with Crippen molar-refractivity contribution < 1.29 is 8.81 Å². The van der Waals surface area contributed by atoms with Crippen molar-refractivity contribution in [3.05, 3.63) is 59.3 Å². The van der Waals surface area contributed by atoms with Crippen LogP contribution in [0.1, 0.15) is 23.8 Å². The smallest absolute Gasteiger partial charge is 0.191 e. The maximum Gasteiger partial charge on any atom is 0.191 e. The fourth-order valence-corrected chi connectivity index (χ4v) is 1.86. The molecule has 0 saturated heterocycles. The SMILES string of the molecule is CCNC(=NCc1cc(C#N)ccc1F)NCc1ccco1. The molecule has 5 nitrogen and oxygen atoms in total. The maximum absolute atomic E-state index is 13.7. The number of halogens is 1. The Hall–Kier alpha value is -2.81. The van der Waals surface area contributed by atoms with E-state index in [0.717, 1.165) is 5.76 Å². The van der Waals surface area contributed by atoms with Crippen LogP contribution in [-0.2, 0) is 13.1 Å². The van der Waals surface area contributed by atoms with Crippen molar-refractivity contribution >= 4 is 5.96 Å². The van der Waals surface area contributed by atoms with E-state index in [2.05, 4.69) is 15.6 Å². The van der Waals surface area contributed by atoms with Gasteiger partial charge in [-0.15, -0.1) is 0 Å². The number of aliphatic imine (C=N–C) groups is 1. The van der Waals surface area contributed by atoms with Crippen LogP contribution in [0.2, 0.25) is 0 Å². The Morgan fingerprint density at radius 2 is 2.23 bits per heavy atom. The lowest BCUT2D eigenvalue weighted by Crippen LogP contribution is -2.36. The van der Waals surface area contributed by atoms with E-state index in [-0.39, 0.29) is 12.4 Å². The summed E-state index contributed by atoms with van der Waals surface area (Å²) in [6.07, 6.45) is 1.60. The molecule has 0 radical (unpaired) electrons. The third kappa shape index (κ3) is 4.35. The Labute approximate surface area is 128 Å². The predicted octanol–water partition coefficient (Wildman–Crippen LogP) is 2.55. The Balaban J connectivity index is 2.04. The van der Waals surface area contributed by atoms with Crippen LogP contribution in [0.25, 0.3) is 0 Å². The molecule has 0 saturated carbocycles. The summed E-state index contributed by atoms with van der Waals surface area (Å²) in [5, 5.41) is 15.0. The zero-order valence-electron chi connectivity index (χ0n) is 12.3. The first-order valence-electron chi connectivity index (χ1n) is 6.96. The largest absolute Gasteiger partial charge is 0.467 e. The number of hydrogen-bond acceptors (Lipinski definition) is 3. The normalized spacial score (nSPS) is 11.0. The molecule has 1 aromatic carbocycles. The molecule has 0 fully saturated rings. The maximum atomic E-state index is 13.7. The van der Waals surface area contributed by atoms with Crippen molar-refractivity contribution in [2.24, 2.45) is 4.99 Å². The second kappa shape index (κ2) is 7.84. The third-order valence-electron chi connectivity index (χ3n) is 2.94. The summed E-state index contributed by atoms with van der Waals surface area (Å²) in [4.78, 5) is 4.32. The highest BCUT2D eigenvalue weighted by Crippen LogP contribution is 2.11. The molecule has 22 heavy (non-hydrogen) atoms. The van der Waals surface area contributed by atoms with Gasteiger partial charge in [0.2, 0.25) is 0 Å². The average molecular weight is 300 g/mol. The van der Waals surface area contributed by atoms with E-state index in [4.69, 9.17) is 9.68 Å². The van der Waals surface area contributed by atoms with Gasteiger partial charge in [0.05, 0.1) is 31.0 Å². The number of hydrogen-bond donors (Lipinski definition) is 2. The number of benzene rings is 1. The molecule has 0 bridgehead atoms. The summed E-state index contributed by atoms with van der Waals surface area (Å²) >= 11 is 0. The van der Waals surface area contributed by atoms with E-state index < -0.39 is 0 Å². The summed E-state index contributed by atoms with van der Waals surface area (Å²) in [6, 6.07) is 9.90. The molecule has 0 unspecified atom stereocenters. The van der Waals surface area contributed by atoms with Gasteiger partial charge in [0.25, 0.3) is 0 Å². The molecule has 1 heterocycles. The van der Waals surface area contributed by atoms with Gasteiger partial charge in [-0.3, -0.25) is 0 Å². The van der Waals surface area contributed by atoms with Crippen molar-refractivity contribution in [3.8, 4) is 6.07 Å². The minimum absolute atomic E-state index is 0.148. The fourth-order valence-electron chi connectivity index (χ4n) is 1.86. The highest BCUT2D eigenvalue weighted by atomic mass is 19.1. The first-order valence-corrected chi connectivity index (χ1v) is 6.96. The van der Waals surface area contributed by atoms with Crippen LogP contribution >= 0.6 is 0 Å². The number of nitrogens with zero attached hydrogens (tertiary/aromatic N) is 2. The predicted molar refractivity (Wildman–Crippen MR) is 81.5 cm³/mol. The highest BCUT2D eigenvalue weighted by molar-refractivity contribution is 5.79. The summed E-state index contributed by atoms with van der Waals surface area (Å²) < 4.78 is 18.9. The molecule has 0 amide bonds. The zero-order valence-corrected chi connectivity index (χ0v) is 12.3. The van der Waals surface area contributed by atoms with E-state index in [1.165, 1.54) is 18.2 Å². The summed E-state index contributed by atoms with van der Waals surface area (Å²) in [5.74, 6) is 0.966. The molecule has 1 aromatic heterocycles. The molecule has 0 aliphatic heterocycles. The van der Waals surface area contributed by atoms with Crippen LogP contribution in [0, 0.1) is 17.1 Å². The lowest BCUT2D eigenvalue weighted by Gasteiger charge is -2.10. The first kappa shape index (κ1) is 15.6. The van der Waals surface area contributed by atoms with Crippen LogP contribution in [0.3, 0.4) is 0 Å². The van der Waals surface area contributed by atoms with E-state index in [1.54, 1.807) is 6.26 Å². The minimum atomic E-state index is -0.371. The fraction of sp³-hybridized carbons (Fsp3) is 0.250. The molecular weight excluding hydrogens is 283 g/mol. The van der Waals surface area contributed by atoms with Gasteiger partial charge in [0, 0.05) is 12.1 Å². The molecule has 0 aliphatic carbocycles. The Kier molecular flexibility index (Phi) is 5.55. The van der Waals surface area contributed by atoms with Gasteiger partial charge in [-0.2, -0.15) is 5.26 Å². The number of nitriles is 1. The Morgan fingerprint density at radius 1 is 1.36 bits per heavy atom. The highest BCUT2D eigenvalue weighted by Gasteiger charge is 2.05. The van der Waals surface area contributed by atoms with Gasteiger partial charge in [-0.05, 0) is 37.3 Å². The second-order valence-corrected chi connectivity index (χ2v) is 4.55. The van der Waals surface area contributed by atoms with Crippen LogP contribution in [0.5, 0.6) is 0 Å². The molecule has 6 heteroatoms. The standard InChI is InChI=1S/C16H17FN4O/c1-2-19-16(21-11-14-4-3-7-22-14)20-10-13-8-12(9-18)5-6-15(13)17/h3-8H,2,10-11H2,1H3,(H2,19,20,21). The monoisotopic (exact) mass is 300 g/mol. The van der Waals surface area contributed by atoms with Crippen LogP contribution in [0.4, 0.5) is 4.39 Å². The van der Waals surface area contributed by atoms with Crippen LogP contribution in [0.15, 0.2) is 46.0 Å². The molecule has 2 N–H and O–H groups in total. The van der Waals surface area contributed by atoms with Crippen molar-refractivity contribution in [1.82, 2.24) is 10.6 Å². The average Bonchev–Trinajstić information content (AvgIpc) is 3.05. The van der Waals surface area contributed by atoms with Crippen molar-refractivity contribution in [3.63, 3.8) is 0 Å². The number of furan rings is 1.